The number of ether oxygens (including phenoxy) is 2. The Hall–Kier alpha value is -0.360. The first kappa shape index (κ1) is 14.7. The summed E-state index contributed by atoms with van der Waals surface area (Å²) in [6, 6.07) is 0. The number of carbonyl (C=O) groups is 2. The molecule has 6 heteroatoms. The standard InChI is InChI=1S/C11H18O4S2/c1-3-14-9(12)11(15-10(13)16)6-4-8(17-2)5-7-11/h8H,3-7H2,1-2H3,(H,13,16). The number of thioether (sulfide) groups is 1. The highest BCUT2D eigenvalue weighted by molar-refractivity contribution is 7.99. The third-order valence-electron chi connectivity index (χ3n) is 3.00. The zero-order chi connectivity index (χ0) is 12.9. The molecule has 0 aromatic rings. The summed E-state index contributed by atoms with van der Waals surface area (Å²) >= 11 is 5.38. The van der Waals surface area contributed by atoms with Crippen LogP contribution in [0.15, 0.2) is 0 Å². The fraction of sp³-hybridized carbons (Fsp3) is 0.818. The highest BCUT2D eigenvalue weighted by Crippen LogP contribution is 2.37. The molecule has 0 amide bonds. The molecular weight excluding hydrogens is 260 g/mol. The second kappa shape index (κ2) is 6.54. The molecular formula is C11H18O4S2. The molecule has 1 rings (SSSR count). The molecule has 4 nitrogen and oxygen atoms in total. The predicted octanol–water partition coefficient (Wildman–Crippen LogP) is 2.66. The molecule has 0 unspecified atom stereocenters. The van der Waals surface area contributed by atoms with Gasteiger partial charge in [0.25, 0.3) is 0 Å². The summed E-state index contributed by atoms with van der Waals surface area (Å²) < 4.78 is 10.1. The normalized spacial score (nSPS) is 28.5. The van der Waals surface area contributed by atoms with E-state index in [1.165, 1.54) is 0 Å². The Morgan fingerprint density at radius 3 is 2.41 bits per heavy atom. The van der Waals surface area contributed by atoms with Crippen LogP contribution in [0.1, 0.15) is 32.6 Å². The first-order valence-electron chi connectivity index (χ1n) is 5.66. The third-order valence-corrected chi connectivity index (χ3v) is 4.23. The smallest absolute Gasteiger partial charge is 0.365 e. The van der Waals surface area contributed by atoms with Crippen LogP contribution in [0.2, 0.25) is 0 Å². The summed E-state index contributed by atoms with van der Waals surface area (Å²) in [5.41, 5.74) is -1.11. The Morgan fingerprint density at radius 2 is 2.00 bits per heavy atom. The minimum atomic E-state index is -1.11. The average Bonchev–Trinajstić information content (AvgIpc) is 2.29. The van der Waals surface area contributed by atoms with Crippen molar-refractivity contribution in [3.05, 3.63) is 0 Å². The van der Waals surface area contributed by atoms with Crippen molar-refractivity contribution in [2.24, 2.45) is 0 Å². The van der Waals surface area contributed by atoms with Crippen LogP contribution in [0.4, 0.5) is 4.79 Å². The molecule has 0 atom stereocenters. The maximum Gasteiger partial charge on any atom is 0.365 e. The van der Waals surface area contributed by atoms with Gasteiger partial charge in [-0.1, -0.05) is 12.6 Å². The van der Waals surface area contributed by atoms with E-state index in [9.17, 15) is 9.59 Å². The maximum absolute atomic E-state index is 11.9. The molecule has 1 saturated carbocycles. The zero-order valence-corrected chi connectivity index (χ0v) is 11.8. The zero-order valence-electron chi connectivity index (χ0n) is 10.1. The van der Waals surface area contributed by atoms with Crippen molar-refractivity contribution >= 4 is 35.7 Å². The topological polar surface area (TPSA) is 52.6 Å². The molecule has 17 heavy (non-hydrogen) atoms. The summed E-state index contributed by atoms with van der Waals surface area (Å²) in [6.45, 7) is 2.03. The minimum absolute atomic E-state index is 0.288. The van der Waals surface area contributed by atoms with Gasteiger partial charge in [-0.15, -0.1) is 0 Å². The van der Waals surface area contributed by atoms with Crippen LogP contribution < -0.4 is 0 Å². The van der Waals surface area contributed by atoms with Crippen molar-refractivity contribution < 1.29 is 19.1 Å². The molecule has 1 aliphatic carbocycles. The molecule has 0 aromatic carbocycles. The highest BCUT2D eigenvalue weighted by Gasteiger charge is 2.46. The molecule has 0 bridgehead atoms. The maximum atomic E-state index is 11.9. The Labute approximate surface area is 111 Å². The summed E-state index contributed by atoms with van der Waals surface area (Å²) in [4.78, 5) is 22.9. The number of hydrogen-bond acceptors (Lipinski definition) is 5. The molecule has 98 valence electrons. The molecule has 0 aliphatic heterocycles. The van der Waals surface area contributed by atoms with Gasteiger partial charge in [0.05, 0.1) is 6.61 Å². The van der Waals surface area contributed by atoms with E-state index in [4.69, 9.17) is 9.47 Å². The third kappa shape index (κ3) is 3.81. The van der Waals surface area contributed by atoms with Gasteiger partial charge >= 0.3 is 11.3 Å². The molecule has 0 radical (unpaired) electrons. The minimum Gasteiger partial charge on any atom is -0.463 e. The Kier molecular flexibility index (Phi) is 5.66. The van der Waals surface area contributed by atoms with Gasteiger partial charge in [0.15, 0.2) is 0 Å². The van der Waals surface area contributed by atoms with Crippen molar-refractivity contribution in [2.45, 2.75) is 43.5 Å². The van der Waals surface area contributed by atoms with Crippen LogP contribution in [0, 0.1) is 0 Å². The Morgan fingerprint density at radius 1 is 1.41 bits per heavy atom. The van der Waals surface area contributed by atoms with Gasteiger partial charge in [-0.2, -0.15) is 11.8 Å². The van der Waals surface area contributed by atoms with Crippen molar-refractivity contribution in [1.29, 1.82) is 0 Å². The quantitative estimate of drug-likeness (QED) is 0.633. The molecule has 0 aromatic heterocycles. The van der Waals surface area contributed by atoms with E-state index in [1.54, 1.807) is 18.7 Å². The van der Waals surface area contributed by atoms with Crippen LogP contribution in [0.5, 0.6) is 0 Å². The predicted molar refractivity (Wildman–Crippen MR) is 70.6 cm³/mol. The first-order chi connectivity index (χ1) is 8.04. The second-order valence-corrected chi connectivity index (χ2v) is 5.52. The monoisotopic (exact) mass is 278 g/mol. The Bertz CT molecular complexity index is 285. The van der Waals surface area contributed by atoms with E-state index in [1.807, 2.05) is 6.26 Å². The van der Waals surface area contributed by atoms with Gasteiger partial charge in [-0.3, -0.25) is 0 Å². The van der Waals surface area contributed by atoms with E-state index < -0.39 is 16.9 Å². The molecule has 0 heterocycles. The fourth-order valence-electron chi connectivity index (χ4n) is 2.07. The lowest BCUT2D eigenvalue weighted by atomic mass is 9.84. The number of esters is 1. The molecule has 0 N–H and O–H groups in total. The SMILES string of the molecule is CCOC(=O)C1(OC(=O)S)CCC(SC)CC1. The van der Waals surface area contributed by atoms with Crippen LogP contribution in [0.25, 0.3) is 0 Å². The van der Waals surface area contributed by atoms with Crippen LogP contribution >= 0.6 is 24.4 Å². The second-order valence-electron chi connectivity index (χ2n) is 4.02. The van der Waals surface area contributed by atoms with Crippen molar-refractivity contribution in [3.8, 4) is 0 Å². The number of carbonyl (C=O) groups excluding carboxylic acids is 2. The molecule has 1 fully saturated rings. The average molecular weight is 278 g/mol. The number of thiol groups is 1. The summed E-state index contributed by atoms with van der Waals surface area (Å²) in [5, 5.41) is -0.197. The van der Waals surface area contributed by atoms with Crippen molar-refractivity contribution in [3.63, 3.8) is 0 Å². The van der Waals surface area contributed by atoms with E-state index in [0.29, 0.717) is 18.1 Å². The lowest BCUT2D eigenvalue weighted by molar-refractivity contribution is -0.167. The van der Waals surface area contributed by atoms with E-state index in [-0.39, 0.29) is 6.61 Å². The van der Waals surface area contributed by atoms with Gasteiger partial charge in [0.1, 0.15) is 0 Å². The summed E-state index contributed by atoms with van der Waals surface area (Å²) in [7, 11) is 0. The summed E-state index contributed by atoms with van der Waals surface area (Å²) in [6.07, 6.45) is 4.78. The molecule has 0 spiro atoms. The van der Waals surface area contributed by atoms with Gasteiger partial charge in [0, 0.05) is 5.25 Å². The summed E-state index contributed by atoms with van der Waals surface area (Å²) in [5.74, 6) is -0.443. The van der Waals surface area contributed by atoms with Gasteiger partial charge < -0.3 is 9.47 Å². The van der Waals surface area contributed by atoms with Crippen molar-refractivity contribution in [2.75, 3.05) is 12.9 Å². The van der Waals surface area contributed by atoms with Gasteiger partial charge in [-0.05, 0) is 38.9 Å². The molecule has 0 saturated heterocycles. The lowest BCUT2D eigenvalue weighted by Gasteiger charge is -2.36. The van der Waals surface area contributed by atoms with E-state index >= 15 is 0 Å². The van der Waals surface area contributed by atoms with E-state index in [0.717, 1.165) is 12.8 Å². The number of hydrogen-bond donors (Lipinski definition) is 1. The van der Waals surface area contributed by atoms with Crippen LogP contribution in [0.3, 0.4) is 0 Å². The fourth-order valence-corrected chi connectivity index (χ4v) is 2.95. The number of rotatable bonds is 4. The van der Waals surface area contributed by atoms with Crippen molar-refractivity contribution in [1.82, 2.24) is 0 Å². The van der Waals surface area contributed by atoms with Gasteiger partial charge in [-0.25, -0.2) is 9.59 Å². The van der Waals surface area contributed by atoms with Gasteiger partial charge in [0.2, 0.25) is 5.60 Å². The lowest BCUT2D eigenvalue weighted by Crippen LogP contribution is -2.47. The highest BCUT2D eigenvalue weighted by atomic mass is 32.2. The van der Waals surface area contributed by atoms with E-state index in [2.05, 4.69) is 12.6 Å². The van der Waals surface area contributed by atoms with Crippen LogP contribution in [-0.2, 0) is 14.3 Å². The molecule has 1 aliphatic rings. The largest absolute Gasteiger partial charge is 0.463 e. The van der Waals surface area contributed by atoms with Crippen LogP contribution in [-0.4, -0.2) is 35.0 Å². The Balaban J connectivity index is 2.74. The first-order valence-corrected chi connectivity index (χ1v) is 7.39.